The van der Waals surface area contributed by atoms with E-state index in [0.29, 0.717) is 4.99 Å². The van der Waals surface area contributed by atoms with Crippen LogP contribution in [0.4, 0.5) is 5.69 Å². The second kappa shape index (κ2) is 6.90. The van der Waals surface area contributed by atoms with Gasteiger partial charge in [-0.1, -0.05) is 44.1 Å². The Kier molecular flexibility index (Phi) is 5.20. The molecule has 0 amide bonds. The van der Waals surface area contributed by atoms with Gasteiger partial charge in [-0.3, -0.25) is 0 Å². The monoisotopic (exact) mass is 276 g/mol. The molecule has 2 nitrogen and oxygen atoms in total. The van der Waals surface area contributed by atoms with Gasteiger partial charge in [0.1, 0.15) is 4.99 Å². The van der Waals surface area contributed by atoms with Crippen molar-refractivity contribution in [2.45, 2.75) is 39.0 Å². The summed E-state index contributed by atoms with van der Waals surface area (Å²) in [6, 6.07) is 8.27. The summed E-state index contributed by atoms with van der Waals surface area (Å²) in [7, 11) is 0. The molecule has 0 bridgehead atoms. The van der Waals surface area contributed by atoms with E-state index in [1.807, 2.05) is 12.1 Å². The molecule has 104 valence electrons. The average molecular weight is 276 g/mol. The Balaban J connectivity index is 2.12. The first-order valence-electron chi connectivity index (χ1n) is 7.36. The van der Waals surface area contributed by atoms with Crippen LogP contribution in [-0.4, -0.2) is 18.1 Å². The Morgan fingerprint density at radius 1 is 1.32 bits per heavy atom. The molecule has 0 aromatic heterocycles. The van der Waals surface area contributed by atoms with Gasteiger partial charge in [0, 0.05) is 24.3 Å². The normalized spacial score (nSPS) is 20.1. The average Bonchev–Trinajstić information content (AvgIpc) is 2.65. The SMILES string of the molecule is CCCC1CCCN(c2ccccc2C(N)=S)CC1. The molecule has 0 saturated carbocycles. The van der Waals surface area contributed by atoms with Gasteiger partial charge in [0.15, 0.2) is 0 Å². The Hall–Kier alpha value is -1.09. The van der Waals surface area contributed by atoms with Gasteiger partial charge < -0.3 is 10.6 Å². The maximum Gasteiger partial charge on any atom is 0.106 e. The van der Waals surface area contributed by atoms with Crippen molar-refractivity contribution in [1.82, 2.24) is 0 Å². The van der Waals surface area contributed by atoms with Crippen LogP contribution >= 0.6 is 12.2 Å². The zero-order valence-corrected chi connectivity index (χ0v) is 12.6. The quantitative estimate of drug-likeness (QED) is 0.850. The van der Waals surface area contributed by atoms with Gasteiger partial charge in [0.25, 0.3) is 0 Å². The highest BCUT2D eigenvalue weighted by atomic mass is 32.1. The molecule has 0 radical (unpaired) electrons. The number of hydrogen-bond acceptors (Lipinski definition) is 2. The van der Waals surface area contributed by atoms with Crippen LogP contribution in [-0.2, 0) is 0 Å². The summed E-state index contributed by atoms with van der Waals surface area (Å²) < 4.78 is 0. The third-order valence-electron chi connectivity index (χ3n) is 4.05. The highest BCUT2D eigenvalue weighted by Crippen LogP contribution is 2.27. The van der Waals surface area contributed by atoms with E-state index in [1.165, 1.54) is 37.8 Å². The molecule has 2 N–H and O–H groups in total. The number of hydrogen-bond donors (Lipinski definition) is 1. The van der Waals surface area contributed by atoms with E-state index in [2.05, 4.69) is 24.0 Å². The smallest absolute Gasteiger partial charge is 0.106 e. The van der Waals surface area contributed by atoms with Crippen LogP contribution in [0.1, 0.15) is 44.6 Å². The van der Waals surface area contributed by atoms with Gasteiger partial charge in [0.05, 0.1) is 0 Å². The minimum Gasteiger partial charge on any atom is -0.389 e. The van der Waals surface area contributed by atoms with Crippen LogP contribution in [0.2, 0.25) is 0 Å². The zero-order valence-electron chi connectivity index (χ0n) is 11.8. The molecule has 1 aromatic rings. The van der Waals surface area contributed by atoms with Crippen molar-refractivity contribution in [3.8, 4) is 0 Å². The first kappa shape index (κ1) is 14.3. The van der Waals surface area contributed by atoms with Crippen molar-refractivity contribution >= 4 is 22.9 Å². The number of anilines is 1. The molecule has 1 aromatic carbocycles. The van der Waals surface area contributed by atoms with Crippen molar-refractivity contribution in [1.29, 1.82) is 0 Å². The summed E-state index contributed by atoms with van der Waals surface area (Å²) in [6.07, 6.45) is 6.59. The third-order valence-corrected chi connectivity index (χ3v) is 4.27. The van der Waals surface area contributed by atoms with E-state index >= 15 is 0 Å². The Morgan fingerprint density at radius 2 is 2.11 bits per heavy atom. The maximum atomic E-state index is 5.84. The topological polar surface area (TPSA) is 29.3 Å². The Bertz CT molecular complexity index is 431. The van der Waals surface area contributed by atoms with E-state index < -0.39 is 0 Å². The molecule has 1 aliphatic rings. The second-order valence-electron chi connectivity index (χ2n) is 5.45. The summed E-state index contributed by atoms with van der Waals surface area (Å²) in [5, 5.41) is 0. The zero-order chi connectivity index (χ0) is 13.7. The molecule has 2 rings (SSSR count). The lowest BCUT2D eigenvalue weighted by molar-refractivity contribution is 0.435. The van der Waals surface area contributed by atoms with Crippen molar-refractivity contribution < 1.29 is 0 Å². The number of benzene rings is 1. The predicted molar refractivity (Wildman–Crippen MR) is 86.8 cm³/mol. The van der Waals surface area contributed by atoms with Crippen LogP contribution < -0.4 is 10.6 Å². The highest BCUT2D eigenvalue weighted by molar-refractivity contribution is 7.80. The number of nitrogens with two attached hydrogens (primary N) is 1. The van der Waals surface area contributed by atoms with Crippen LogP contribution in [0.25, 0.3) is 0 Å². The van der Waals surface area contributed by atoms with E-state index in [0.717, 1.165) is 24.6 Å². The summed E-state index contributed by atoms with van der Waals surface area (Å²) >= 11 is 5.17. The fourth-order valence-electron chi connectivity index (χ4n) is 3.06. The van der Waals surface area contributed by atoms with E-state index in [-0.39, 0.29) is 0 Å². The van der Waals surface area contributed by atoms with Crippen molar-refractivity contribution in [2.24, 2.45) is 11.7 Å². The lowest BCUT2D eigenvalue weighted by Crippen LogP contribution is -2.27. The molecule has 1 fully saturated rings. The first-order valence-corrected chi connectivity index (χ1v) is 7.77. The standard InChI is InChI=1S/C16H24N2S/c1-2-6-13-7-5-11-18(12-10-13)15-9-4-3-8-14(15)16(17)19/h3-4,8-9,13H,2,5-7,10-12H2,1H3,(H2,17,19). The molecular weight excluding hydrogens is 252 g/mol. The second-order valence-corrected chi connectivity index (χ2v) is 5.89. The van der Waals surface area contributed by atoms with E-state index in [4.69, 9.17) is 18.0 Å². The fourth-order valence-corrected chi connectivity index (χ4v) is 3.23. The summed E-state index contributed by atoms with van der Waals surface area (Å²) in [5.74, 6) is 0.895. The fraction of sp³-hybridized carbons (Fsp3) is 0.562. The van der Waals surface area contributed by atoms with Crippen molar-refractivity contribution in [3.63, 3.8) is 0 Å². The van der Waals surface area contributed by atoms with E-state index in [1.54, 1.807) is 0 Å². The number of rotatable bonds is 4. The molecule has 1 atom stereocenters. The predicted octanol–water partition coefficient (Wildman–Crippen LogP) is 3.73. The first-order chi connectivity index (χ1) is 9.22. The number of nitrogens with zero attached hydrogens (tertiary/aromatic N) is 1. The van der Waals surface area contributed by atoms with Crippen molar-refractivity contribution in [3.05, 3.63) is 29.8 Å². The molecule has 1 aliphatic heterocycles. The largest absolute Gasteiger partial charge is 0.389 e. The number of thiocarbonyl (C=S) groups is 1. The van der Waals surface area contributed by atoms with Gasteiger partial charge in [0.2, 0.25) is 0 Å². The Labute approximate surface area is 122 Å². The highest BCUT2D eigenvalue weighted by Gasteiger charge is 2.18. The lowest BCUT2D eigenvalue weighted by Gasteiger charge is -2.25. The molecule has 1 unspecified atom stereocenters. The number of para-hydroxylation sites is 1. The molecule has 3 heteroatoms. The maximum absolute atomic E-state index is 5.84. The van der Waals surface area contributed by atoms with Crippen LogP contribution in [0.3, 0.4) is 0 Å². The molecular formula is C16H24N2S. The van der Waals surface area contributed by atoms with Crippen LogP contribution in [0, 0.1) is 5.92 Å². The van der Waals surface area contributed by atoms with Gasteiger partial charge >= 0.3 is 0 Å². The Morgan fingerprint density at radius 3 is 2.84 bits per heavy atom. The van der Waals surface area contributed by atoms with Crippen molar-refractivity contribution in [2.75, 3.05) is 18.0 Å². The van der Waals surface area contributed by atoms with Crippen LogP contribution in [0.5, 0.6) is 0 Å². The van der Waals surface area contributed by atoms with Gasteiger partial charge in [-0.2, -0.15) is 0 Å². The van der Waals surface area contributed by atoms with Crippen LogP contribution in [0.15, 0.2) is 24.3 Å². The van der Waals surface area contributed by atoms with E-state index in [9.17, 15) is 0 Å². The minimum atomic E-state index is 0.505. The van der Waals surface area contributed by atoms with Gasteiger partial charge in [-0.25, -0.2) is 0 Å². The summed E-state index contributed by atoms with van der Waals surface area (Å²) in [6.45, 7) is 4.54. The molecule has 0 aliphatic carbocycles. The van der Waals surface area contributed by atoms with Gasteiger partial charge in [-0.15, -0.1) is 0 Å². The lowest BCUT2D eigenvalue weighted by atomic mass is 9.96. The van der Waals surface area contributed by atoms with Gasteiger partial charge in [-0.05, 0) is 37.3 Å². The summed E-state index contributed by atoms with van der Waals surface area (Å²) in [4.78, 5) is 2.97. The molecule has 1 heterocycles. The molecule has 0 spiro atoms. The third kappa shape index (κ3) is 3.69. The summed E-state index contributed by atoms with van der Waals surface area (Å²) in [5.41, 5.74) is 8.07. The molecule has 1 saturated heterocycles. The molecule has 19 heavy (non-hydrogen) atoms. The minimum absolute atomic E-state index is 0.505.